The Hall–Kier alpha value is -0.870. The van der Waals surface area contributed by atoms with Crippen LogP contribution in [0.2, 0.25) is 0 Å². The van der Waals surface area contributed by atoms with Crippen LogP contribution in [0.4, 0.5) is 0 Å². The van der Waals surface area contributed by atoms with E-state index >= 15 is 0 Å². The summed E-state index contributed by atoms with van der Waals surface area (Å²) in [6, 6.07) is 0.541. The van der Waals surface area contributed by atoms with Crippen LogP contribution in [0.5, 0.6) is 0 Å². The van der Waals surface area contributed by atoms with E-state index in [0.29, 0.717) is 12.6 Å². The number of aliphatic imine (C=N–C) groups is 1. The summed E-state index contributed by atoms with van der Waals surface area (Å²) in [5, 5.41) is 3.27. The highest BCUT2D eigenvalue weighted by Gasteiger charge is 2.30. The zero-order valence-corrected chi connectivity index (χ0v) is 17.1. The molecule has 2 fully saturated rings. The molecule has 2 aliphatic rings. The molecule has 24 heavy (non-hydrogen) atoms. The van der Waals surface area contributed by atoms with Gasteiger partial charge in [-0.1, -0.05) is 6.08 Å². The maximum atomic E-state index is 11.8. The Balaban J connectivity index is 0.00000288. The zero-order chi connectivity index (χ0) is 16.7. The molecule has 138 valence electrons. The van der Waals surface area contributed by atoms with Crippen LogP contribution >= 0.6 is 24.0 Å². The van der Waals surface area contributed by atoms with Gasteiger partial charge in [0.15, 0.2) is 5.96 Å². The molecule has 0 bridgehead atoms. The number of likely N-dealkylation sites (N-methyl/N-ethyl adjacent to an activating group) is 1. The maximum Gasteiger partial charge on any atom is 0.243 e. The van der Waals surface area contributed by atoms with Gasteiger partial charge in [0, 0.05) is 52.9 Å². The summed E-state index contributed by atoms with van der Waals surface area (Å²) in [6.07, 6.45) is 2.93. The number of nitrogens with zero attached hydrogens (tertiary/aromatic N) is 4. The number of carbonyl (C=O) groups is 1. The molecule has 1 N–H and O–H groups in total. The SMILES string of the molecule is C=CCNC(=NCC(=O)N(C)C)N1CCC(N2CCOCC2)C1.I. The first-order valence-electron chi connectivity index (χ1n) is 8.28. The number of morpholine rings is 1. The topological polar surface area (TPSA) is 60.4 Å². The maximum absolute atomic E-state index is 11.8. The van der Waals surface area contributed by atoms with E-state index in [0.717, 1.165) is 51.8 Å². The third kappa shape index (κ3) is 6.21. The number of likely N-dealkylation sites (tertiary alicyclic amines) is 1. The minimum absolute atomic E-state index is 0. The van der Waals surface area contributed by atoms with Gasteiger partial charge in [0.05, 0.1) is 13.2 Å². The number of rotatable bonds is 5. The molecule has 0 aromatic heterocycles. The Kier molecular flexibility index (Phi) is 9.60. The Morgan fingerprint density at radius 2 is 2.08 bits per heavy atom. The quantitative estimate of drug-likeness (QED) is 0.281. The van der Waals surface area contributed by atoms with Crippen molar-refractivity contribution in [2.45, 2.75) is 12.5 Å². The minimum atomic E-state index is 0. The second-order valence-electron chi connectivity index (χ2n) is 6.13. The number of guanidine groups is 1. The molecule has 2 heterocycles. The fraction of sp³-hybridized carbons (Fsp3) is 0.750. The van der Waals surface area contributed by atoms with Crippen LogP contribution in [0.15, 0.2) is 17.6 Å². The zero-order valence-electron chi connectivity index (χ0n) is 14.7. The molecule has 0 aromatic rings. The molecule has 0 aromatic carbocycles. The Morgan fingerprint density at radius 1 is 1.38 bits per heavy atom. The molecule has 1 atom stereocenters. The van der Waals surface area contributed by atoms with Gasteiger partial charge in [-0.3, -0.25) is 9.69 Å². The highest BCUT2D eigenvalue weighted by Crippen LogP contribution is 2.17. The van der Waals surface area contributed by atoms with Gasteiger partial charge in [-0.25, -0.2) is 4.99 Å². The van der Waals surface area contributed by atoms with Crippen LogP contribution < -0.4 is 5.32 Å². The molecule has 7 nitrogen and oxygen atoms in total. The summed E-state index contributed by atoms with van der Waals surface area (Å²) >= 11 is 0. The summed E-state index contributed by atoms with van der Waals surface area (Å²) in [5.41, 5.74) is 0. The second kappa shape index (κ2) is 10.9. The summed E-state index contributed by atoms with van der Waals surface area (Å²) in [5.74, 6) is 0.808. The van der Waals surface area contributed by atoms with Gasteiger partial charge in [0.25, 0.3) is 0 Å². The van der Waals surface area contributed by atoms with Crippen LogP contribution in [-0.4, -0.2) is 99.2 Å². The van der Waals surface area contributed by atoms with Crippen LogP contribution in [0.25, 0.3) is 0 Å². The summed E-state index contributed by atoms with van der Waals surface area (Å²) in [7, 11) is 3.50. The molecular formula is C16H30IN5O2. The number of hydrogen-bond acceptors (Lipinski definition) is 4. The smallest absolute Gasteiger partial charge is 0.243 e. The van der Waals surface area contributed by atoms with Crippen molar-refractivity contribution < 1.29 is 9.53 Å². The van der Waals surface area contributed by atoms with E-state index in [-0.39, 0.29) is 36.4 Å². The first kappa shape index (κ1) is 21.2. The Morgan fingerprint density at radius 3 is 2.71 bits per heavy atom. The van der Waals surface area contributed by atoms with Crippen molar-refractivity contribution in [1.29, 1.82) is 0 Å². The van der Waals surface area contributed by atoms with Crippen LogP contribution in [0.3, 0.4) is 0 Å². The molecule has 8 heteroatoms. The van der Waals surface area contributed by atoms with Crippen LogP contribution in [0.1, 0.15) is 6.42 Å². The molecule has 0 radical (unpaired) electrons. The number of carbonyl (C=O) groups excluding carboxylic acids is 1. The fourth-order valence-electron chi connectivity index (χ4n) is 2.89. The van der Waals surface area contributed by atoms with Gasteiger partial charge in [-0.2, -0.15) is 0 Å². The summed E-state index contributed by atoms with van der Waals surface area (Å²) < 4.78 is 5.43. The van der Waals surface area contributed by atoms with Crippen LogP contribution in [-0.2, 0) is 9.53 Å². The van der Waals surface area contributed by atoms with Crippen molar-refractivity contribution in [2.24, 2.45) is 4.99 Å². The lowest BCUT2D eigenvalue weighted by Crippen LogP contribution is -2.47. The second-order valence-corrected chi connectivity index (χ2v) is 6.13. The molecular weight excluding hydrogens is 421 g/mol. The van der Waals surface area contributed by atoms with E-state index < -0.39 is 0 Å². The molecule has 2 rings (SSSR count). The lowest BCUT2D eigenvalue weighted by Gasteiger charge is -2.32. The van der Waals surface area contributed by atoms with Gasteiger partial charge in [-0.05, 0) is 6.42 Å². The third-order valence-corrected chi connectivity index (χ3v) is 4.29. The largest absolute Gasteiger partial charge is 0.379 e. The van der Waals surface area contributed by atoms with E-state index in [9.17, 15) is 4.79 Å². The first-order valence-corrected chi connectivity index (χ1v) is 8.28. The molecule has 2 saturated heterocycles. The van der Waals surface area contributed by atoms with Gasteiger partial charge in [0.1, 0.15) is 6.54 Å². The average Bonchev–Trinajstić information content (AvgIpc) is 3.05. The van der Waals surface area contributed by atoms with Crippen molar-refractivity contribution in [2.75, 3.05) is 66.6 Å². The standard InChI is InChI=1S/C16H29N5O2.HI/c1-4-6-17-16(18-12-15(22)19(2)3)21-7-5-14(13-21)20-8-10-23-11-9-20;/h4,14H,1,5-13H2,2-3H3,(H,17,18);1H. The number of ether oxygens (including phenoxy) is 1. The van der Waals surface area contributed by atoms with E-state index in [1.807, 2.05) is 0 Å². The van der Waals surface area contributed by atoms with Crippen molar-refractivity contribution in [1.82, 2.24) is 20.0 Å². The highest BCUT2D eigenvalue weighted by molar-refractivity contribution is 14.0. The molecule has 0 spiro atoms. The Labute approximate surface area is 162 Å². The number of hydrogen-bond donors (Lipinski definition) is 1. The predicted molar refractivity (Wildman–Crippen MR) is 107 cm³/mol. The summed E-state index contributed by atoms with van der Waals surface area (Å²) in [4.78, 5) is 22.6. The number of amides is 1. The normalized spacial score (nSPS) is 22.0. The number of nitrogens with one attached hydrogen (secondary N) is 1. The molecule has 0 aliphatic carbocycles. The fourth-order valence-corrected chi connectivity index (χ4v) is 2.89. The third-order valence-electron chi connectivity index (χ3n) is 4.29. The predicted octanol–water partition coefficient (Wildman–Crippen LogP) is 0.231. The first-order chi connectivity index (χ1) is 11.1. The minimum Gasteiger partial charge on any atom is -0.379 e. The van der Waals surface area contributed by atoms with Gasteiger partial charge < -0.3 is 19.9 Å². The average molecular weight is 451 g/mol. The van der Waals surface area contributed by atoms with Crippen molar-refractivity contribution in [3.8, 4) is 0 Å². The van der Waals surface area contributed by atoms with Crippen molar-refractivity contribution >= 4 is 35.8 Å². The Bertz CT molecular complexity index is 438. The van der Waals surface area contributed by atoms with E-state index in [2.05, 4.69) is 26.7 Å². The van der Waals surface area contributed by atoms with Crippen molar-refractivity contribution in [3.63, 3.8) is 0 Å². The van der Waals surface area contributed by atoms with E-state index in [4.69, 9.17) is 4.74 Å². The molecule has 0 saturated carbocycles. The molecule has 1 unspecified atom stereocenters. The van der Waals surface area contributed by atoms with Gasteiger partial charge >= 0.3 is 0 Å². The monoisotopic (exact) mass is 451 g/mol. The van der Waals surface area contributed by atoms with Crippen LogP contribution in [0, 0.1) is 0 Å². The summed E-state index contributed by atoms with van der Waals surface area (Å²) in [6.45, 7) is 10.1. The van der Waals surface area contributed by atoms with Gasteiger partial charge in [0.2, 0.25) is 5.91 Å². The lowest BCUT2D eigenvalue weighted by molar-refractivity contribution is -0.127. The number of halogens is 1. The van der Waals surface area contributed by atoms with E-state index in [1.165, 1.54) is 0 Å². The molecule has 2 aliphatic heterocycles. The highest BCUT2D eigenvalue weighted by atomic mass is 127. The van der Waals surface area contributed by atoms with Crippen molar-refractivity contribution in [3.05, 3.63) is 12.7 Å². The van der Waals surface area contributed by atoms with E-state index in [1.54, 1.807) is 25.1 Å². The van der Waals surface area contributed by atoms with Gasteiger partial charge in [-0.15, -0.1) is 30.6 Å². The lowest BCUT2D eigenvalue weighted by atomic mass is 10.2. The molecule has 1 amide bonds.